The first kappa shape index (κ1) is 14.2. The van der Waals surface area contributed by atoms with E-state index >= 15 is 0 Å². The Balaban J connectivity index is 2.59. The van der Waals surface area contributed by atoms with Crippen LogP contribution in [0, 0.1) is 0 Å². The van der Waals surface area contributed by atoms with Gasteiger partial charge in [-0.25, -0.2) is 0 Å². The minimum atomic E-state index is 0.0921. The monoisotopic (exact) mass is 272 g/mol. The second-order valence-corrected chi connectivity index (χ2v) is 5.75. The number of nitrogens with zero attached hydrogens (tertiary/aromatic N) is 2. The molecule has 0 aliphatic rings. The van der Waals surface area contributed by atoms with Gasteiger partial charge in [0.15, 0.2) is 0 Å². The van der Waals surface area contributed by atoms with Gasteiger partial charge in [-0.3, -0.25) is 9.69 Å². The van der Waals surface area contributed by atoms with Gasteiger partial charge < -0.3 is 4.90 Å². The lowest BCUT2D eigenvalue weighted by atomic mass is 10.3. The Labute approximate surface area is 111 Å². The molecule has 1 heterocycles. The molecule has 1 amide bonds. The predicted octanol–water partition coefficient (Wildman–Crippen LogP) is 2.48. The van der Waals surface area contributed by atoms with Crippen LogP contribution in [0.2, 0.25) is 4.34 Å². The van der Waals surface area contributed by atoms with E-state index in [2.05, 4.69) is 6.58 Å². The lowest BCUT2D eigenvalue weighted by molar-refractivity contribution is -0.129. The molecule has 0 atom stereocenters. The topological polar surface area (TPSA) is 23.6 Å². The Kier molecular flexibility index (Phi) is 5.68. The van der Waals surface area contributed by atoms with E-state index in [0.29, 0.717) is 13.1 Å². The van der Waals surface area contributed by atoms with Gasteiger partial charge in [0.25, 0.3) is 0 Å². The largest absolute Gasteiger partial charge is 0.348 e. The molecular weight excluding hydrogens is 256 g/mol. The molecule has 5 heteroatoms. The van der Waals surface area contributed by atoms with E-state index in [0.717, 1.165) is 15.8 Å². The van der Waals surface area contributed by atoms with E-state index in [1.165, 1.54) is 0 Å². The van der Waals surface area contributed by atoms with Gasteiger partial charge in [-0.05, 0) is 12.1 Å². The summed E-state index contributed by atoms with van der Waals surface area (Å²) < 4.78 is 0.775. The Hall–Kier alpha value is -0.840. The molecule has 0 N–H and O–H groups in total. The predicted molar refractivity (Wildman–Crippen MR) is 73.5 cm³/mol. The maximum absolute atomic E-state index is 11.7. The molecule has 3 nitrogen and oxygen atoms in total. The van der Waals surface area contributed by atoms with Crippen LogP contribution in [-0.4, -0.2) is 42.9 Å². The van der Waals surface area contributed by atoms with Crippen LogP contribution in [0.1, 0.15) is 4.88 Å². The lowest BCUT2D eigenvalue weighted by Gasteiger charge is -2.21. The number of rotatable bonds is 6. The molecule has 1 aromatic rings. The third-order valence-electron chi connectivity index (χ3n) is 2.25. The van der Waals surface area contributed by atoms with Crippen LogP contribution in [0.3, 0.4) is 0 Å². The average Bonchev–Trinajstić information content (AvgIpc) is 2.64. The second kappa shape index (κ2) is 6.79. The minimum absolute atomic E-state index is 0.0921. The van der Waals surface area contributed by atoms with Gasteiger partial charge in [-0.15, -0.1) is 17.9 Å². The molecule has 0 fully saturated rings. The fourth-order valence-corrected chi connectivity index (χ4v) is 2.49. The highest BCUT2D eigenvalue weighted by atomic mass is 35.5. The smallest absolute Gasteiger partial charge is 0.236 e. The summed E-state index contributed by atoms with van der Waals surface area (Å²) in [6, 6.07) is 3.87. The summed E-state index contributed by atoms with van der Waals surface area (Å²) in [4.78, 5) is 16.4. The Bertz CT molecular complexity index is 390. The summed E-state index contributed by atoms with van der Waals surface area (Å²) in [5.74, 6) is 0.0921. The molecule has 0 aliphatic carbocycles. The lowest BCUT2D eigenvalue weighted by Crippen LogP contribution is -2.36. The van der Waals surface area contributed by atoms with E-state index in [-0.39, 0.29) is 5.91 Å². The van der Waals surface area contributed by atoms with Crippen LogP contribution in [0.15, 0.2) is 24.8 Å². The molecule has 0 aromatic carbocycles. The standard InChI is InChI=1S/C12H17ClN2OS/c1-4-7-15(9-12(16)14(2)3)8-10-5-6-11(13)17-10/h4-6H,1,7-9H2,2-3H3. The fraction of sp³-hybridized carbons (Fsp3) is 0.417. The number of carbonyl (C=O) groups is 1. The fourth-order valence-electron chi connectivity index (χ4n) is 1.36. The number of amides is 1. The molecule has 1 rings (SSSR count). The average molecular weight is 273 g/mol. The normalized spacial score (nSPS) is 10.6. The van der Waals surface area contributed by atoms with Crippen molar-refractivity contribution in [2.24, 2.45) is 0 Å². The third-order valence-corrected chi connectivity index (χ3v) is 3.47. The zero-order valence-corrected chi connectivity index (χ0v) is 11.7. The van der Waals surface area contributed by atoms with Crippen molar-refractivity contribution in [2.75, 3.05) is 27.2 Å². The van der Waals surface area contributed by atoms with Crippen molar-refractivity contribution >= 4 is 28.8 Å². The number of halogens is 1. The van der Waals surface area contributed by atoms with E-state index in [4.69, 9.17) is 11.6 Å². The molecule has 0 bridgehead atoms. The van der Waals surface area contributed by atoms with Crippen molar-refractivity contribution in [2.45, 2.75) is 6.54 Å². The highest BCUT2D eigenvalue weighted by molar-refractivity contribution is 7.16. The van der Waals surface area contributed by atoms with Gasteiger partial charge in [0.1, 0.15) is 0 Å². The highest BCUT2D eigenvalue weighted by Gasteiger charge is 2.12. The highest BCUT2D eigenvalue weighted by Crippen LogP contribution is 2.22. The van der Waals surface area contributed by atoms with Crippen LogP contribution >= 0.6 is 22.9 Å². The molecule has 0 aliphatic heterocycles. The maximum atomic E-state index is 11.7. The van der Waals surface area contributed by atoms with Gasteiger partial charge in [-0.2, -0.15) is 0 Å². The molecular formula is C12H17ClN2OS. The number of hydrogen-bond acceptors (Lipinski definition) is 3. The minimum Gasteiger partial charge on any atom is -0.348 e. The molecule has 0 saturated heterocycles. The summed E-state index contributed by atoms with van der Waals surface area (Å²) >= 11 is 7.42. The summed E-state index contributed by atoms with van der Waals surface area (Å²) in [6.07, 6.45) is 1.80. The van der Waals surface area contributed by atoms with E-state index < -0.39 is 0 Å². The van der Waals surface area contributed by atoms with Gasteiger partial charge in [0.2, 0.25) is 5.91 Å². The van der Waals surface area contributed by atoms with Crippen molar-refractivity contribution in [1.29, 1.82) is 0 Å². The Morgan fingerprint density at radius 2 is 2.24 bits per heavy atom. The maximum Gasteiger partial charge on any atom is 0.236 e. The van der Waals surface area contributed by atoms with Crippen molar-refractivity contribution in [3.05, 3.63) is 34.0 Å². The van der Waals surface area contributed by atoms with E-state index in [1.807, 2.05) is 17.0 Å². The van der Waals surface area contributed by atoms with Crippen molar-refractivity contribution in [3.63, 3.8) is 0 Å². The molecule has 94 valence electrons. The third kappa shape index (κ3) is 4.89. The first-order valence-electron chi connectivity index (χ1n) is 5.30. The first-order chi connectivity index (χ1) is 8.02. The van der Waals surface area contributed by atoms with Crippen LogP contribution in [0.4, 0.5) is 0 Å². The van der Waals surface area contributed by atoms with E-state index in [1.54, 1.807) is 36.4 Å². The van der Waals surface area contributed by atoms with Crippen molar-refractivity contribution in [1.82, 2.24) is 9.80 Å². The molecule has 17 heavy (non-hydrogen) atoms. The first-order valence-corrected chi connectivity index (χ1v) is 6.50. The Morgan fingerprint density at radius 1 is 1.53 bits per heavy atom. The summed E-state index contributed by atoms with van der Waals surface area (Å²) in [7, 11) is 3.52. The number of thiophene rings is 1. The van der Waals surface area contributed by atoms with Crippen LogP contribution in [0.25, 0.3) is 0 Å². The number of hydrogen-bond donors (Lipinski definition) is 0. The molecule has 0 unspecified atom stereocenters. The number of carbonyl (C=O) groups excluding carboxylic acids is 1. The quantitative estimate of drug-likeness (QED) is 0.743. The zero-order valence-electron chi connectivity index (χ0n) is 10.1. The summed E-state index contributed by atoms with van der Waals surface area (Å²) in [5, 5.41) is 0. The van der Waals surface area contributed by atoms with Gasteiger partial charge in [0.05, 0.1) is 10.9 Å². The second-order valence-electron chi connectivity index (χ2n) is 3.95. The summed E-state index contributed by atoms with van der Waals surface area (Å²) in [6.45, 7) is 5.52. The molecule has 0 spiro atoms. The van der Waals surface area contributed by atoms with Crippen molar-refractivity contribution < 1.29 is 4.79 Å². The SMILES string of the molecule is C=CCN(CC(=O)N(C)C)Cc1ccc(Cl)s1. The van der Waals surface area contributed by atoms with Gasteiger partial charge >= 0.3 is 0 Å². The zero-order chi connectivity index (χ0) is 12.8. The summed E-state index contributed by atoms with van der Waals surface area (Å²) in [5.41, 5.74) is 0. The van der Waals surface area contributed by atoms with Crippen molar-refractivity contribution in [3.8, 4) is 0 Å². The number of likely N-dealkylation sites (N-methyl/N-ethyl adjacent to an activating group) is 1. The molecule has 0 radical (unpaired) electrons. The molecule has 0 saturated carbocycles. The van der Waals surface area contributed by atoms with Crippen LogP contribution in [-0.2, 0) is 11.3 Å². The molecule has 1 aromatic heterocycles. The Morgan fingerprint density at radius 3 is 2.71 bits per heavy atom. The van der Waals surface area contributed by atoms with Gasteiger partial charge in [0, 0.05) is 32.1 Å². The van der Waals surface area contributed by atoms with Crippen LogP contribution in [0.5, 0.6) is 0 Å². The van der Waals surface area contributed by atoms with E-state index in [9.17, 15) is 4.79 Å². The van der Waals surface area contributed by atoms with Crippen LogP contribution < -0.4 is 0 Å². The van der Waals surface area contributed by atoms with Gasteiger partial charge in [-0.1, -0.05) is 17.7 Å².